The van der Waals surface area contributed by atoms with Crippen LogP contribution in [0.3, 0.4) is 0 Å². The van der Waals surface area contributed by atoms with Gasteiger partial charge in [0.15, 0.2) is 0 Å². The summed E-state index contributed by atoms with van der Waals surface area (Å²) in [7, 11) is -3.62. The van der Waals surface area contributed by atoms with Gasteiger partial charge in [-0.1, -0.05) is 29.8 Å². The van der Waals surface area contributed by atoms with Crippen molar-refractivity contribution >= 4 is 21.6 Å². The van der Waals surface area contributed by atoms with Gasteiger partial charge in [0, 0.05) is 11.1 Å². The van der Waals surface area contributed by atoms with E-state index in [9.17, 15) is 18.8 Å². The standard InChI is InChI=1S/C19H19ClN2O3S/c20-15-3-10-19(14(11-15)12-21)13-1-8-18(9-2-13)26(24,25)22-16-4-6-17(23)7-5-16/h1-3,8-11,16-17,22-23H,4-7H2/t16-,17+. The minimum atomic E-state index is -3.62. The van der Waals surface area contributed by atoms with Crippen molar-refractivity contribution in [3.8, 4) is 17.2 Å². The summed E-state index contributed by atoms with van der Waals surface area (Å²) in [6.45, 7) is 0. The maximum Gasteiger partial charge on any atom is 0.240 e. The molecule has 0 saturated heterocycles. The second-order valence-electron chi connectivity index (χ2n) is 6.45. The molecule has 1 aliphatic carbocycles. The number of aliphatic hydroxyl groups excluding tert-OH is 1. The second-order valence-corrected chi connectivity index (χ2v) is 8.60. The zero-order valence-electron chi connectivity index (χ0n) is 14.0. The summed E-state index contributed by atoms with van der Waals surface area (Å²) in [5.41, 5.74) is 1.89. The molecule has 0 spiro atoms. The minimum absolute atomic E-state index is 0.149. The fourth-order valence-corrected chi connectivity index (χ4v) is 4.63. The number of rotatable bonds is 4. The molecule has 1 fully saturated rings. The first-order chi connectivity index (χ1) is 12.4. The number of halogens is 1. The molecule has 2 N–H and O–H groups in total. The van der Waals surface area contributed by atoms with Crippen LogP contribution in [0.2, 0.25) is 5.02 Å². The van der Waals surface area contributed by atoms with E-state index in [0.29, 0.717) is 41.8 Å². The summed E-state index contributed by atoms with van der Waals surface area (Å²) in [4.78, 5) is 0.180. The maximum atomic E-state index is 12.6. The van der Waals surface area contributed by atoms with Gasteiger partial charge in [-0.25, -0.2) is 13.1 Å². The number of hydrogen-bond donors (Lipinski definition) is 2. The van der Waals surface area contributed by atoms with Crippen LogP contribution in [-0.4, -0.2) is 25.7 Å². The van der Waals surface area contributed by atoms with E-state index in [1.165, 1.54) is 12.1 Å². The average molecular weight is 391 g/mol. The van der Waals surface area contributed by atoms with E-state index < -0.39 is 10.0 Å². The van der Waals surface area contributed by atoms with Gasteiger partial charge < -0.3 is 5.11 Å². The molecule has 2 aromatic carbocycles. The fraction of sp³-hybridized carbons (Fsp3) is 0.316. The van der Waals surface area contributed by atoms with Crippen LogP contribution in [0.15, 0.2) is 47.4 Å². The van der Waals surface area contributed by atoms with Crippen LogP contribution in [0.5, 0.6) is 0 Å². The second kappa shape index (κ2) is 7.77. The van der Waals surface area contributed by atoms with Crippen LogP contribution in [-0.2, 0) is 10.0 Å². The molecule has 5 nitrogen and oxygen atoms in total. The first kappa shape index (κ1) is 18.9. The molecule has 0 amide bonds. The predicted molar refractivity (Wildman–Crippen MR) is 100 cm³/mol. The van der Waals surface area contributed by atoms with E-state index in [1.54, 1.807) is 30.3 Å². The normalized spacial score (nSPS) is 20.5. The Morgan fingerprint density at radius 3 is 2.35 bits per heavy atom. The largest absolute Gasteiger partial charge is 0.393 e. The van der Waals surface area contributed by atoms with E-state index in [2.05, 4.69) is 10.8 Å². The van der Waals surface area contributed by atoms with E-state index >= 15 is 0 Å². The van der Waals surface area contributed by atoms with Crippen molar-refractivity contribution < 1.29 is 13.5 Å². The smallest absolute Gasteiger partial charge is 0.240 e. The van der Waals surface area contributed by atoms with Gasteiger partial charge >= 0.3 is 0 Å². The average Bonchev–Trinajstić information content (AvgIpc) is 2.63. The molecule has 0 bridgehead atoms. The minimum Gasteiger partial charge on any atom is -0.393 e. The van der Waals surface area contributed by atoms with Gasteiger partial charge in [-0.3, -0.25) is 0 Å². The molecular weight excluding hydrogens is 372 g/mol. The zero-order valence-corrected chi connectivity index (χ0v) is 15.6. The third kappa shape index (κ3) is 4.25. The van der Waals surface area contributed by atoms with Crippen molar-refractivity contribution in [2.24, 2.45) is 0 Å². The van der Waals surface area contributed by atoms with Crippen LogP contribution in [0.4, 0.5) is 0 Å². The molecule has 0 radical (unpaired) electrons. The molecule has 7 heteroatoms. The van der Waals surface area contributed by atoms with Crippen LogP contribution in [0.1, 0.15) is 31.2 Å². The van der Waals surface area contributed by atoms with Crippen molar-refractivity contribution in [2.75, 3.05) is 0 Å². The Bertz CT molecular complexity index is 928. The van der Waals surface area contributed by atoms with Crippen molar-refractivity contribution in [3.05, 3.63) is 53.1 Å². The van der Waals surface area contributed by atoms with Gasteiger partial charge in [-0.2, -0.15) is 5.26 Å². The Morgan fingerprint density at radius 1 is 1.08 bits per heavy atom. The van der Waals surface area contributed by atoms with Gasteiger partial charge in [0.1, 0.15) is 0 Å². The quantitative estimate of drug-likeness (QED) is 0.836. The van der Waals surface area contributed by atoms with Crippen molar-refractivity contribution in [1.29, 1.82) is 5.26 Å². The number of aliphatic hydroxyl groups is 1. The third-order valence-corrected chi connectivity index (χ3v) is 6.37. The van der Waals surface area contributed by atoms with Gasteiger partial charge in [0.05, 0.1) is 22.6 Å². The number of sulfonamides is 1. The molecule has 136 valence electrons. The van der Waals surface area contributed by atoms with Gasteiger partial charge in [0.25, 0.3) is 0 Å². The summed E-state index contributed by atoms with van der Waals surface area (Å²) in [6, 6.07) is 13.4. The Labute approximate surface area is 158 Å². The molecule has 3 rings (SSSR count). The lowest BCUT2D eigenvalue weighted by atomic mass is 9.94. The van der Waals surface area contributed by atoms with E-state index in [0.717, 1.165) is 5.56 Å². The summed E-state index contributed by atoms with van der Waals surface area (Å²) in [5.74, 6) is 0. The molecule has 2 aromatic rings. The molecule has 0 unspecified atom stereocenters. The summed E-state index contributed by atoms with van der Waals surface area (Å²) in [5, 5.41) is 19.3. The third-order valence-electron chi connectivity index (χ3n) is 4.60. The highest BCUT2D eigenvalue weighted by Gasteiger charge is 2.24. The Kier molecular flexibility index (Phi) is 5.64. The highest BCUT2D eigenvalue weighted by molar-refractivity contribution is 7.89. The Balaban J connectivity index is 1.80. The SMILES string of the molecule is N#Cc1cc(Cl)ccc1-c1ccc(S(=O)(=O)N[C@H]2CC[C@@H](O)CC2)cc1. The van der Waals surface area contributed by atoms with Crippen molar-refractivity contribution in [2.45, 2.75) is 42.7 Å². The maximum absolute atomic E-state index is 12.6. The van der Waals surface area contributed by atoms with E-state index in [4.69, 9.17) is 11.6 Å². The zero-order chi connectivity index (χ0) is 18.7. The first-order valence-electron chi connectivity index (χ1n) is 8.39. The Hall–Kier alpha value is -1.91. The molecule has 0 aliphatic heterocycles. The molecule has 0 heterocycles. The highest BCUT2D eigenvalue weighted by atomic mass is 35.5. The molecule has 26 heavy (non-hydrogen) atoms. The summed E-state index contributed by atoms with van der Waals surface area (Å²) in [6.07, 6.45) is 2.16. The molecular formula is C19H19ClN2O3S. The van der Waals surface area contributed by atoms with Crippen LogP contribution < -0.4 is 4.72 Å². The van der Waals surface area contributed by atoms with Crippen molar-refractivity contribution in [1.82, 2.24) is 4.72 Å². The van der Waals surface area contributed by atoms with Crippen LogP contribution in [0, 0.1) is 11.3 Å². The number of benzene rings is 2. The van der Waals surface area contributed by atoms with Crippen LogP contribution >= 0.6 is 11.6 Å². The van der Waals surface area contributed by atoms with Gasteiger partial charge in [0.2, 0.25) is 10.0 Å². The number of nitriles is 1. The number of nitrogens with one attached hydrogen (secondary N) is 1. The van der Waals surface area contributed by atoms with E-state index in [-0.39, 0.29) is 17.0 Å². The lowest BCUT2D eigenvalue weighted by molar-refractivity contribution is 0.120. The van der Waals surface area contributed by atoms with Gasteiger partial charge in [-0.05, 0) is 61.1 Å². The predicted octanol–water partition coefficient (Wildman–Crippen LogP) is 3.46. The lowest BCUT2D eigenvalue weighted by Crippen LogP contribution is -2.38. The molecule has 0 atom stereocenters. The topological polar surface area (TPSA) is 90.2 Å². The summed E-state index contributed by atoms with van der Waals surface area (Å²) >= 11 is 5.92. The summed E-state index contributed by atoms with van der Waals surface area (Å²) < 4.78 is 27.8. The van der Waals surface area contributed by atoms with Crippen LogP contribution in [0.25, 0.3) is 11.1 Å². The highest BCUT2D eigenvalue weighted by Crippen LogP contribution is 2.27. The fourth-order valence-electron chi connectivity index (χ4n) is 3.16. The van der Waals surface area contributed by atoms with Gasteiger partial charge in [-0.15, -0.1) is 0 Å². The molecule has 1 saturated carbocycles. The van der Waals surface area contributed by atoms with Crippen molar-refractivity contribution in [3.63, 3.8) is 0 Å². The van der Waals surface area contributed by atoms with E-state index in [1.807, 2.05) is 0 Å². The first-order valence-corrected chi connectivity index (χ1v) is 10.3. The number of nitrogens with zero attached hydrogens (tertiary/aromatic N) is 1. The molecule has 0 aromatic heterocycles. The monoisotopic (exact) mass is 390 g/mol. The lowest BCUT2D eigenvalue weighted by Gasteiger charge is -2.26. The Morgan fingerprint density at radius 2 is 1.73 bits per heavy atom. The number of hydrogen-bond acceptors (Lipinski definition) is 4. The molecule has 1 aliphatic rings.